The van der Waals surface area contributed by atoms with Gasteiger partial charge >= 0.3 is 0 Å². The third-order valence-electron chi connectivity index (χ3n) is 2.15. The molecule has 5 nitrogen and oxygen atoms in total. The predicted octanol–water partition coefficient (Wildman–Crippen LogP) is 2.16. The van der Waals surface area contributed by atoms with Crippen molar-refractivity contribution in [2.75, 3.05) is 0 Å². The van der Waals surface area contributed by atoms with Gasteiger partial charge in [0.2, 0.25) is 0 Å². The molecule has 0 spiro atoms. The molecule has 2 rings (SSSR count). The predicted molar refractivity (Wildman–Crippen MR) is 54.8 cm³/mol. The Morgan fingerprint density at radius 2 is 2.13 bits per heavy atom. The molecule has 0 aliphatic heterocycles. The maximum atomic E-state index is 10.6. The zero-order valence-corrected chi connectivity index (χ0v) is 7.97. The summed E-state index contributed by atoms with van der Waals surface area (Å²) in [4.78, 5) is 14.2. The van der Waals surface area contributed by atoms with Crippen molar-refractivity contribution in [1.29, 1.82) is 0 Å². The zero-order valence-electron chi connectivity index (χ0n) is 7.97. The Labute approximate surface area is 85.1 Å². The summed E-state index contributed by atoms with van der Waals surface area (Å²) in [5.74, 6) is 0.00222. The first kappa shape index (κ1) is 9.39. The zero-order chi connectivity index (χ0) is 11.0. The Morgan fingerprint density at radius 3 is 2.80 bits per heavy atom. The van der Waals surface area contributed by atoms with Gasteiger partial charge in [0.25, 0.3) is 5.69 Å². The standard InChI is InChI=1S/C10H8N2O3/c1-6-2-8(12(14)15)3-7-4-9(13)5-11-10(6)7/h2-5,13H,1H3. The van der Waals surface area contributed by atoms with Crippen molar-refractivity contribution in [2.24, 2.45) is 0 Å². The number of nitro groups is 1. The molecule has 0 bridgehead atoms. The van der Waals surface area contributed by atoms with Gasteiger partial charge in [-0.2, -0.15) is 0 Å². The molecule has 1 aromatic heterocycles. The maximum Gasteiger partial charge on any atom is 0.270 e. The molecule has 0 radical (unpaired) electrons. The van der Waals surface area contributed by atoms with E-state index >= 15 is 0 Å². The molecule has 76 valence electrons. The van der Waals surface area contributed by atoms with E-state index in [-0.39, 0.29) is 11.4 Å². The molecule has 15 heavy (non-hydrogen) atoms. The molecule has 0 saturated heterocycles. The first-order chi connectivity index (χ1) is 7.08. The van der Waals surface area contributed by atoms with Crippen molar-refractivity contribution >= 4 is 16.6 Å². The first-order valence-electron chi connectivity index (χ1n) is 4.31. The third-order valence-corrected chi connectivity index (χ3v) is 2.15. The van der Waals surface area contributed by atoms with Crippen LogP contribution >= 0.6 is 0 Å². The van der Waals surface area contributed by atoms with Gasteiger partial charge in [0.1, 0.15) is 5.75 Å². The van der Waals surface area contributed by atoms with E-state index < -0.39 is 4.92 Å². The topological polar surface area (TPSA) is 76.3 Å². The molecule has 0 aliphatic rings. The lowest BCUT2D eigenvalue weighted by atomic mass is 10.1. The summed E-state index contributed by atoms with van der Waals surface area (Å²) in [7, 11) is 0. The number of fused-ring (bicyclic) bond motifs is 1. The van der Waals surface area contributed by atoms with Crippen LogP contribution in [-0.4, -0.2) is 15.0 Å². The number of hydrogen-bond donors (Lipinski definition) is 1. The summed E-state index contributed by atoms with van der Waals surface area (Å²) in [5, 5.41) is 20.4. The van der Waals surface area contributed by atoms with Crippen molar-refractivity contribution in [3.05, 3.63) is 40.1 Å². The van der Waals surface area contributed by atoms with Crippen molar-refractivity contribution in [3.8, 4) is 5.75 Å². The number of aryl methyl sites for hydroxylation is 1. The summed E-state index contributed by atoms with van der Waals surface area (Å²) in [6.45, 7) is 1.75. The SMILES string of the molecule is Cc1cc([N+](=O)[O-])cc2cc(O)cnc12. The van der Waals surface area contributed by atoms with E-state index in [4.69, 9.17) is 0 Å². The number of non-ortho nitro benzene ring substituents is 1. The van der Waals surface area contributed by atoms with Crippen molar-refractivity contribution in [3.63, 3.8) is 0 Å². The van der Waals surface area contributed by atoms with Crippen LogP contribution in [0.4, 0.5) is 5.69 Å². The van der Waals surface area contributed by atoms with Crippen LogP contribution in [0.25, 0.3) is 10.9 Å². The van der Waals surface area contributed by atoms with E-state index in [2.05, 4.69) is 4.98 Å². The van der Waals surface area contributed by atoms with E-state index in [1.54, 1.807) is 6.92 Å². The van der Waals surface area contributed by atoms with Gasteiger partial charge in [-0.05, 0) is 18.6 Å². The lowest BCUT2D eigenvalue weighted by Gasteiger charge is -2.01. The van der Waals surface area contributed by atoms with Gasteiger partial charge in [-0.3, -0.25) is 15.1 Å². The molecule has 1 aromatic carbocycles. The highest BCUT2D eigenvalue weighted by Crippen LogP contribution is 2.25. The number of nitro benzene ring substituents is 1. The molecule has 0 fully saturated rings. The minimum Gasteiger partial charge on any atom is -0.506 e. The van der Waals surface area contributed by atoms with E-state index in [0.717, 1.165) is 5.56 Å². The smallest absolute Gasteiger partial charge is 0.270 e. The van der Waals surface area contributed by atoms with Crippen LogP contribution in [0.2, 0.25) is 0 Å². The average molecular weight is 204 g/mol. The number of rotatable bonds is 1. The Morgan fingerprint density at radius 1 is 1.40 bits per heavy atom. The molecule has 0 saturated carbocycles. The number of benzene rings is 1. The van der Waals surface area contributed by atoms with Crippen LogP contribution in [0.5, 0.6) is 5.75 Å². The van der Waals surface area contributed by atoms with Gasteiger partial charge in [0.15, 0.2) is 0 Å². The second-order valence-corrected chi connectivity index (χ2v) is 3.29. The third kappa shape index (κ3) is 1.59. The molecule has 5 heteroatoms. The Balaban J connectivity index is 2.79. The van der Waals surface area contributed by atoms with Gasteiger partial charge in [0.05, 0.1) is 16.6 Å². The highest BCUT2D eigenvalue weighted by molar-refractivity contribution is 5.85. The minimum atomic E-state index is -0.462. The van der Waals surface area contributed by atoms with Crippen LogP contribution in [-0.2, 0) is 0 Å². The Bertz CT molecular complexity index is 552. The first-order valence-corrected chi connectivity index (χ1v) is 4.31. The highest BCUT2D eigenvalue weighted by atomic mass is 16.6. The molecule has 0 atom stereocenters. The van der Waals surface area contributed by atoms with E-state index in [9.17, 15) is 15.2 Å². The van der Waals surface area contributed by atoms with E-state index in [1.807, 2.05) is 0 Å². The van der Waals surface area contributed by atoms with Gasteiger partial charge in [-0.1, -0.05) is 0 Å². The number of hydrogen-bond acceptors (Lipinski definition) is 4. The molecule has 1 N–H and O–H groups in total. The van der Waals surface area contributed by atoms with Crippen LogP contribution in [0, 0.1) is 17.0 Å². The second kappa shape index (κ2) is 3.20. The monoisotopic (exact) mass is 204 g/mol. The van der Waals surface area contributed by atoms with E-state index in [0.29, 0.717) is 10.9 Å². The van der Waals surface area contributed by atoms with Crippen LogP contribution in [0.1, 0.15) is 5.56 Å². The molecule has 0 amide bonds. The summed E-state index contributed by atoms with van der Waals surface area (Å²) in [5.41, 5.74) is 1.39. The van der Waals surface area contributed by atoms with Crippen LogP contribution in [0.15, 0.2) is 24.4 Å². The number of nitrogens with zero attached hydrogens (tertiary/aromatic N) is 2. The van der Waals surface area contributed by atoms with Crippen molar-refractivity contribution in [1.82, 2.24) is 4.98 Å². The normalized spacial score (nSPS) is 10.5. The maximum absolute atomic E-state index is 10.6. The summed E-state index contributed by atoms with van der Waals surface area (Å²) < 4.78 is 0. The lowest BCUT2D eigenvalue weighted by Crippen LogP contribution is -1.90. The van der Waals surface area contributed by atoms with Gasteiger partial charge in [-0.25, -0.2) is 0 Å². The van der Waals surface area contributed by atoms with Gasteiger partial charge in [0, 0.05) is 17.5 Å². The highest BCUT2D eigenvalue weighted by Gasteiger charge is 2.10. The molecule has 2 aromatic rings. The Kier molecular flexibility index (Phi) is 2.00. The fraction of sp³-hybridized carbons (Fsp3) is 0.100. The number of aromatic hydroxyl groups is 1. The van der Waals surface area contributed by atoms with Crippen LogP contribution in [0.3, 0.4) is 0 Å². The fourth-order valence-electron chi connectivity index (χ4n) is 1.51. The van der Waals surface area contributed by atoms with Crippen LogP contribution < -0.4 is 0 Å². The molecular weight excluding hydrogens is 196 g/mol. The van der Waals surface area contributed by atoms with E-state index in [1.165, 1.54) is 24.4 Å². The lowest BCUT2D eigenvalue weighted by molar-refractivity contribution is -0.384. The fourth-order valence-corrected chi connectivity index (χ4v) is 1.51. The summed E-state index contributed by atoms with van der Waals surface area (Å²) in [6.07, 6.45) is 1.32. The quantitative estimate of drug-likeness (QED) is 0.570. The second-order valence-electron chi connectivity index (χ2n) is 3.29. The van der Waals surface area contributed by atoms with Gasteiger partial charge < -0.3 is 5.11 Å². The minimum absolute atomic E-state index is 0.00222. The largest absolute Gasteiger partial charge is 0.506 e. The molecular formula is C10H8N2O3. The average Bonchev–Trinajstić information content (AvgIpc) is 2.16. The number of aromatic nitrogens is 1. The van der Waals surface area contributed by atoms with Crippen molar-refractivity contribution < 1.29 is 10.0 Å². The summed E-state index contributed by atoms with van der Waals surface area (Å²) in [6, 6.07) is 4.32. The molecule has 1 heterocycles. The number of pyridine rings is 1. The van der Waals surface area contributed by atoms with Gasteiger partial charge in [-0.15, -0.1) is 0 Å². The van der Waals surface area contributed by atoms with Crippen molar-refractivity contribution in [2.45, 2.75) is 6.92 Å². The summed E-state index contributed by atoms with van der Waals surface area (Å²) >= 11 is 0. The molecule has 0 aliphatic carbocycles. The molecule has 0 unspecified atom stereocenters. The Hall–Kier alpha value is -2.17.